The molecule has 0 radical (unpaired) electrons. The number of hydrogen-bond acceptors (Lipinski definition) is 2. The minimum Gasteiger partial charge on any atom is -0.381 e. The van der Waals surface area contributed by atoms with Crippen LogP contribution in [0.15, 0.2) is 12.4 Å². The Hall–Kier alpha value is -0.830. The highest BCUT2D eigenvalue weighted by molar-refractivity contribution is 5.02. The van der Waals surface area contributed by atoms with Gasteiger partial charge in [-0.1, -0.05) is 12.8 Å². The molecule has 0 bridgehead atoms. The van der Waals surface area contributed by atoms with E-state index in [0.717, 1.165) is 31.6 Å². The normalized spacial score (nSPS) is 23.3. The van der Waals surface area contributed by atoms with Gasteiger partial charge in [0.05, 0.1) is 0 Å². The van der Waals surface area contributed by atoms with Gasteiger partial charge in [-0.25, -0.2) is 4.98 Å². The summed E-state index contributed by atoms with van der Waals surface area (Å²) in [4.78, 5) is 4.60. The number of aromatic nitrogens is 2. The Morgan fingerprint density at radius 1 is 1.18 bits per heavy atom. The Kier molecular flexibility index (Phi) is 3.46. The number of hydrogen-bond donors (Lipinski definition) is 0. The molecular weight excluding hydrogens is 212 g/mol. The summed E-state index contributed by atoms with van der Waals surface area (Å²) in [5.74, 6) is 2.86. The quantitative estimate of drug-likeness (QED) is 0.804. The third-order valence-corrected chi connectivity index (χ3v) is 4.26. The Morgan fingerprint density at radius 3 is 2.71 bits per heavy atom. The van der Waals surface area contributed by atoms with E-state index in [2.05, 4.69) is 15.7 Å². The second kappa shape index (κ2) is 5.21. The minimum atomic E-state index is 0.727. The van der Waals surface area contributed by atoms with Gasteiger partial charge in [-0.2, -0.15) is 0 Å². The number of rotatable bonds is 3. The molecule has 1 aliphatic heterocycles. The SMILES string of the molecule is c1cn(CC2CCOCC2)c(C2CCCC2)n1. The van der Waals surface area contributed by atoms with Crippen LogP contribution in [0.3, 0.4) is 0 Å². The molecule has 1 aromatic rings. The molecule has 0 N–H and O–H groups in total. The van der Waals surface area contributed by atoms with Crippen LogP contribution in [0.2, 0.25) is 0 Å². The van der Waals surface area contributed by atoms with Gasteiger partial charge in [-0.05, 0) is 31.6 Å². The van der Waals surface area contributed by atoms with E-state index < -0.39 is 0 Å². The van der Waals surface area contributed by atoms with Crippen molar-refractivity contribution >= 4 is 0 Å². The van der Waals surface area contributed by atoms with E-state index in [1.54, 1.807) is 0 Å². The fraction of sp³-hybridized carbons (Fsp3) is 0.786. The molecule has 3 rings (SSSR count). The van der Waals surface area contributed by atoms with Gasteiger partial charge in [-0.15, -0.1) is 0 Å². The Labute approximate surface area is 103 Å². The third-order valence-electron chi connectivity index (χ3n) is 4.26. The Morgan fingerprint density at radius 2 is 1.94 bits per heavy atom. The maximum atomic E-state index is 5.42. The Bertz CT molecular complexity index is 349. The number of nitrogens with zero attached hydrogens (tertiary/aromatic N) is 2. The molecule has 0 unspecified atom stereocenters. The highest BCUT2D eigenvalue weighted by Gasteiger charge is 2.23. The number of ether oxygens (including phenoxy) is 1. The third kappa shape index (κ3) is 2.54. The molecule has 1 aliphatic carbocycles. The molecule has 0 aromatic carbocycles. The molecule has 1 saturated carbocycles. The average Bonchev–Trinajstić information content (AvgIpc) is 3.00. The van der Waals surface area contributed by atoms with Crippen molar-refractivity contribution in [3.05, 3.63) is 18.2 Å². The largest absolute Gasteiger partial charge is 0.381 e. The fourth-order valence-electron chi connectivity index (χ4n) is 3.23. The van der Waals surface area contributed by atoms with Crippen molar-refractivity contribution in [1.29, 1.82) is 0 Å². The maximum Gasteiger partial charge on any atom is 0.111 e. The fourth-order valence-corrected chi connectivity index (χ4v) is 3.23. The molecule has 3 heteroatoms. The highest BCUT2D eigenvalue weighted by Crippen LogP contribution is 2.33. The van der Waals surface area contributed by atoms with Crippen molar-refractivity contribution in [2.45, 2.75) is 51.0 Å². The topological polar surface area (TPSA) is 27.1 Å². The van der Waals surface area contributed by atoms with Crippen LogP contribution in [-0.4, -0.2) is 22.8 Å². The first-order valence-electron chi connectivity index (χ1n) is 7.02. The van der Waals surface area contributed by atoms with Crippen LogP contribution < -0.4 is 0 Å². The summed E-state index contributed by atoms with van der Waals surface area (Å²) in [5.41, 5.74) is 0. The first-order chi connectivity index (χ1) is 8.43. The Balaban J connectivity index is 1.67. The van der Waals surface area contributed by atoms with Crippen LogP contribution >= 0.6 is 0 Å². The predicted molar refractivity (Wildman–Crippen MR) is 67.0 cm³/mol. The lowest BCUT2D eigenvalue weighted by molar-refractivity contribution is 0.0609. The van der Waals surface area contributed by atoms with Gasteiger partial charge >= 0.3 is 0 Å². The molecule has 17 heavy (non-hydrogen) atoms. The summed E-state index contributed by atoms with van der Waals surface area (Å²) in [7, 11) is 0. The van der Waals surface area contributed by atoms with E-state index in [-0.39, 0.29) is 0 Å². The summed E-state index contributed by atoms with van der Waals surface area (Å²) in [6, 6.07) is 0. The van der Waals surface area contributed by atoms with Crippen LogP contribution in [0.4, 0.5) is 0 Å². The van der Waals surface area contributed by atoms with Gasteiger partial charge < -0.3 is 9.30 Å². The molecule has 0 spiro atoms. The molecule has 3 nitrogen and oxygen atoms in total. The molecule has 1 saturated heterocycles. The average molecular weight is 234 g/mol. The zero-order valence-electron chi connectivity index (χ0n) is 10.5. The van der Waals surface area contributed by atoms with Crippen LogP contribution in [0.5, 0.6) is 0 Å². The standard InChI is InChI=1S/C14H22N2O/c1-2-4-13(3-1)14-15-7-8-16(14)11-12-5-9-17-10-6-12/h7-8,12-13H,1-6,9-11H2. The van der Waals surface area contributed by atoms with Crippen LogP contribution in [-0.2, 0) is 11.3 Å². The van der Waals surface area contributed by atoms with E-state index in [4.69, 9.17) is 4.74 Å². The van der Waals surface area contributed by atoms with Crippen LogP contribution in [0.1, 0.15) is 50.3 Å². The lowest BCUT2D eigenvalue weighted by Gasteiger charge is -2.24. The van der Waals surface area contributed by atoms with Gasteiger partial charge in [0.25, 0.3) is 0 Å². The van der Waals surface area contributed by atoms with Gasteiger partial charge in [-0.3, -0.25) is 0 Å². The van der Waals surface area contributed by atoms with Crippen molar-refractivity contribution in [3.8, 4) is 0 Å². The first kappa shape index (κ1) is 11.3. The van der Waals surface area contributed by atoms with Gasteiger partial charge in [0.1, 0.15) is 5.82 Å². The van der Waals surface area contributed by atoms with E-state index in [1.807, 2.05) is 6.20 Å². The lowest BCUT2D eigenvalue weighted by atomic mass is 10.00. The lowest BCUT2D eigenvalue weighted by Crippen LogP contribution is -2.21. The molecule has 2 fully saturated rings. The first-order valence-corrected chi connectivity index (χ1v) is 7.02. The van der Waals surface area contributed by atoms with Crippen LogP contribution in [0, 0.1) is 5.92 Å². The second-order valence-electron chi connectivity index (χ2n) is 5.47. The van der Waals surface area contributed by atoms with Crippen molar-refractivity contribution in [3.63, 3.8) is 0 Å². The van der Waals surface area contributed by atoms with Gasteiger partial charge in [0.2, 0.25) is 0 Å². The zero-order valence-corrected chi connectivity index (χ0v) is 10.5. The monoisotopic (exact) mass is 234 g/mol. The van der Waals surface area contributed by atoms with E-state index in [1.165, 1.54) is 44.3 Å². The summed E-state index contributed by atoms with van der Waals surface area (Å²) in [6.45, 7) is 3.03. The van der Waals surface area contributed by atoms with Crippen molar-refractivity contribution in [2.75, 3.05) is 13.2 Å². The molecular formula is C14H22N2O. The van der Waals surface area contributed by atoms with E-state index in [9.17, 15) is 0 Å². The molecule has 1 aromatic heterocycles. The van der Waals surface area contributed by atoms with E-state index in [0.29, 0.717) is 0 Å². The summed E-state index contributed by atoms with van der Waals surface area (Å²) in [6.07, 6.45) is 12.0. The molecule has 0 amide bonds. The van der Waals surface area contributed by atoms with Crippen LogP contribution in [0.25, 0.3) is 0 Å². The summed E-state index contributed by atoms with van der Waals surface area (Å²) < 4.78 is 7.83. The maximum absolute atomic E-state index is 5.42. The second-order valence-corrected chi connectivity index (χ2v) is 5.47. The summed E-state index contributed by atoms with van der Waals surface area (Å²) in [5, 5.41) is 0. The molecule has 2 aliphatic rings. The molecule has 94 valence electrons. The van der Waals surface area contributed by atoms with Gasteiger partial charge in [0.15, 0.2) is 0 Å². The predicted octanol–water partition coefficient (Wildman–Crippen LogP) is 2.97. The van der Waals surface area contributed by atoms with Crippen molar-refractivity contribution in [2.24, 2.45) is 5.92 Å². The summed E-state index contributed by atoms with van der Waals surface area (Å²) >= 11 is 0. The minimum absolute atomic E-state index is 0.727. The molecule has 2 heterocycles. The molecule has 0 atom stereocenters. The smallest absolute Gasteiger partial charge is 0.111 e. The number of imidazole rings is 1. The highest BCUT2D eigenvalue weighted by atomic mass is 16.5. The van der Waals surface area contributed by atoms with Gasteiger partial charge in [0, 0.05) is 38.1 Å². The van der Waals surface area contributed by atoms with Crippen molar-refractivity contribution < 1.29 is 4.74 Å². The van der Waals surface area contributed by atoms with Crippen molar-refractivity contribution in [1.82, 2.24) is 9.55 Å². The zero-order chi connectivity index (χ0) is 11.5. The van der Waals surface area contributed by atoms with E-state index >= 15 is 0 Å².